The average Bonchev–Trinajstić information content (AvgIpc) is 1.17. The Balaban J connectivity index is 0.000000106. The Bertz CT molecular complexity index is 5390. The molecule has 0 fully saturated rings. The van der Waals surface area contributed by atoms with Crippen LogP contribution in [0.5, 0.6) is 0 Å². The first-order chi connectivity index (χ1) is 53.2. The van der Waals surface area contributed by atoms with Gasteiger partial charge in [-0.05, 0) is 309 Å². The van der Waals surface area contributed by atoms with Gasteiger partial charge in [0.15, 0.2) is 28.5 Å². The van der Waals surface area contributed by atoms with Crippen molar-refractivity contribution in [3.8, 4) is 56.3 Å². The first-order valence-corrected chi connectivity index (χ1v) is 43.9. The zero-order valence-corrected chi connectivity index (χ0v) is 72.9. The Kier molecular flexibility index (Phi) is 20.1. The molecule has 20 rings (SSSR count). The van der Waals surface area contributed by atoms with E-state index in [2.05, 4.69) is 321 Å². The normalized spacial score (nSPS) is 23.2. The number of hydrogen-bond acceptors (Lipinski definition) is 0. The van der Waals surface area contributed by atoms with Crippen molar-refractivity contribution in [2.75, 3.05) is 0 Å². The Morgan fingerprint density at radius 1 is 0.277 bits per heavy atom. The molecular formula is C107H134N5+5. The topological polar surface area (TPSA) is 19.4 Å². The summed E-state index contributed by atoms with van der Waals surface area (Å²) in [5.41, 5.74) is 47.6. The molecule has 10 aromatic rings. The van der Waals surface area contributed by atoms with E-state index in [0.717, 1.165) is 11.8 Å². The van der Waals surface area contributed by atoms with Gasteiger partial charge < -0.3 is 0 Å². The highest BCUT2D eigenvalue weighted by molar-refractivity contribution is 5.68. The molecule has 582 valence electrons. The maximum Gasteiger partial charge on any atom is 0.213 e. The smallest absolute Gasteiger partial charge is 0.198 e. The highest BCUT2D eigenvalue weighted by atomic mass is 15.0. The molecule has 0 radical (unpaired) electrons. The zero-order valence-electron chi connectivity index (χ0n) is 72.9. The maximum atomic E-state index is 2.52. The van der Waals surface area contributed by atoms with Crippen LogP contribution in [0.4, 0.5) is 0 Å². The van der Waals surface area contributed by atoms with Gasteiger partial charge in [0.2, 0.25) is 28.5 Å². The molecule has 0 N–H and O–H groups in total. The van der Waals surface area contributed by atoms with E-state index in [1.54, 1.807) is 84.1 Å². The zero-order chi connectivity index (χ0) is 79.1. The summed E-state index contributed by atoms with van der Waals surface area (Å²) in [6.07, 6.45) is 29.0. The standard InChI is InChI=1S/C24H32N.C23H30N.C21H26N.C20H24N.C19H22N/c1-16-9-7-8-10-18(16)20-15-19-21-17(11-13-23(19,2)3)12-14-24(4,5)22(21)25(20)6;1-15-9-7-8-10-17(15)19-13-18-20-16(11-12-22(18,2)3)14-23(4,5)21(20)24(19)6;1-15-8-4-5-10-17(15)19-14-16-9-6-12-21(2)13-7-11-18(20(16)21)22(19)3;1-14-7-4-5-9-16(14)18-13-15-8-6-11-20(2)12-10-17(19(15)20)21(18)3;1-13-6-4-5-7-15(13)17-12-14-8-10-19(2)11-9-16(18(14)19)20(17)3/h7-10,15,17H,11-14H2,1-6H3;7-10,13,16H,11-12,14H2,1-6H3;4-5,8,10,14H,6-7,9,11-13H2,1-3H3;4-5,7,9,13H,6,8,10-12H2,1-3H3;4-7,12H,8-11H2,1-3H3/q5*+1. The molecule has 5 atom stereocenters. The highest BCUT2D eigenvalue weighted by Gasteiger charge is 2.53. The van der Waals surface area contributed by atoms with Crippen molar-refractivity contribution < 1.29 is 22.8 Å². The van der Waals surface area contributed by atoms with Crippen molar-refractivity contribution in [2.45, 2.75) is 302 Å². The molecule has 10 aliphatic rings. The molecule has 0 bridgehead atoms. The van der Waals surface area contributed by atoms with Crippen molar-refractivity contribution in [2.24, 2.45) is 35.2 Å². The van der Waals surface area contributed by atoms with Crippen LogP contribution < -0.4 is 22.8 Å². The van der Waals surface area contributed by atoms with E-state index < -0.39 is 0 Å². The van der Waals surface area contributed by atoms with Gasteiger partial charge >= 0.3 is 0 Å². The van der Waals surface area contributed by atoms with Crippen LogP contribution in [0, 0.1) is 34.6 Å². The fraction of sp³-hybridized carbons (Fsp3) is 0.486. The number of pyridine rings is 5. The minimum absolute atomic E-state index is 0.251. The summed E-state index contributed by atoms with van der Waals surface area (Å²) < 4.78 is 12.4. The lowest BCUT2D eigenvalue weighted by Crippen LogP contribution is -2.49. The third kappa shape index (κ3) is 13.3. The van der Waals surface area contributed by atoms with E-state index >= 15 is 0 Å². The van der Waals surface area contributed by atoms with Crippen molar-refractivity contribution in [1.82, 2.24) is 0 Å². The van der Waals surface area contributed by atoms with Crippen LogP contribution in [0.15, 0.2) is 152 Å². The Morgan fingerprint density at radius 3 is 0.946 bits per heavy atom. The summed E-state index contributed by atoms with van der Waals surface area (Å²) >= 11 is 0. The molecule has 10 aliphatic carbocycles. The summed E-state index contributed by atoms with van der Waals surface area (Å²) in [5, 5.41) is 0. The first kappa shape index (κ1) is 77.8. The molecule has 0 saturated carbocycles. The van der Waals surface area contributed by atoms with Crippen LogP contribution >= 0.6 is 0 Å². The van der Waals surface area contributed by atoms with Crippen LogP contribution in [-0.2, 0) is 112 Å². The molecular weight excluding hydrogens is 1360 g/mol. The second-order valence-electron chi connectivity index (χ2n) is 40.4. The van der Waals surface area contributed by atoms with E-state index in [-0.39, 0.29) is 21.7 Å². The van der Waals surface area contributed by atoms with Crippen LogP contribution in [0.25, 0.3) is 56.3 Å². The fourth-order valence-corrected chi connectivity index (χ4v) is 24.6. The molecule has 5 aromatic heterocycles. The van der Waals surface area contributed by atoms with Gasteiger partial charge in [-0.1, -0.05) is 139 Å². The fourth-order valence-electron chi connectivity index (χ4n) is 24.6. The number of hydrogen-bond donors (Lipinski definition) is 0. The van der Waals surface area contributed by atoms with Gasteiger partial charge in [0.05, 0.1) is 5.41 Å². The number of rotatable bonds is 5. The minimum atomic E-state index is 0.251. The summed E-state index contributed by atoms with van der Waals surface area (Å²) in [7, 11) is 11.4. The van der Waals surface area contributed by atoms with E-state index in [1.807, 2.05) is 0 Å². The quantitative estimate of drug-likeness (QED) is 0.153. The second-order valence-corrected chi connectivity index (χ2v) is 40.4. The molecule has 0 aliphatic heterocycles. The van der Waals surface area contributed by atoms with Gasteiger partial charge in [0.1, 0.15) is 35.2 Å². The summed E-state index contributed by atoms with van der Waals surface area (Å²) in [6.45, 7) is 38.1. The van der Waals surface area contributed by atoms with E-state index in [0.29, 0.717) is 16.2 Å². The lowest BCUT2D eigenvalue weighted by molar-refractivity contribution is -0.673. The second kappa shape index (κ2) is 29.0. The van der Waals surface area contributed by atoms with Crippen molar-refractivity contribution in [3.63, 3.8) is 0 Å². The Hall–Kier alpha value is -8.15. The van der Waals surface area contributed by atoms with Crippen LogP contribution in [0.1, 0.15) is 303 Å². The predicted octanol–water partition coefficient (Wildman–Crippen LogP) is 23.1. The average molecular weight is 1490 g/mol. The molecule has 0 spiro atoms. The van der Waals surface area contributed by atoms with Gasteiger partial charge in [0.25, 0.3) is 0 Å². The van der Waals surface area contributed by atoms with Crippen molar-refractivity contribution in [3.05, 3.63) is 264 Å². The van der Waals surface area contributed by atoms with E-state index in [4.69, 9.17) is 0 Å². The molecule has 5 unspecified atom stereocenters. The van der Waals surface area contributed by atoms with Gasteiger partial charge in [-0.3, -0.25) is 0 Å². The lowest BCUT2D eigenvalue weighted by atomic mass is 9.60. The molecule has 5 nitrogen and oxygen atoms in total. The molecule has 0 saturated heterocycles. The van der Waals surface area contributed by atoms with E-state index in [9.17, 15) is 0 Å². The Labute approximate surface area is 675 Å². The maximum absolute atomic E-state index is 2.52. The minimum Gasteiger partial charge on any atom is -0.198 e. The third-order valence-electron chi connectivity index (χ3n) is 31.0. The molecule has 5 heteroatoms. The monoisotopic (exact) mass is 1490 g/mol. The van der Waals surface area contributed by atoms with Gasteiger partial charge in [0, 0.05) is 111 Å². The third-order valence-corrected chi connectivity index (χ3v) is 31.0. The van der Waals surface area contributed by atoms with Crippen LogP contribution in [0.3, 0.4) is 0 Å². The summed E-state index contributed by atoms with van der Waals surface area (Å²) in [6, 6.07) is 56.4. The number of aromatic nitrogens is 5. The first-order valence-electron chi connectivity index (χ1n) is 43.9. The summed E-state index contributed by atoms with van der Waals surface area (Å²) in [5.74, 6) is 1.53. The Morgan fingerprint density at radius 2 is 0.562 bits per heavy atom. The lowest BCUT2D eigenvalue weighted by Gasteiger charge is -2.43. The van der Waals surface area contributed by atoms with Gasteiger partial charge in [-0.15, -0.1) is 0 Å². The van der Waals surface area contributed by atoms with Gasteiger partial charge in [-0.2, -0.15) is 22.8 Å². The van der Waals surface area contributed by atoms with Gasteiger partial charge in [-0.25, -0.2) is 0 Å². The summed E-state index contributed by atoms with van der Waals surface area (Å²) in [4.78, 5) is 0. The van der Waals surface area contributed by atoms with Crippen molar-refractivity contribution >= 4 is 0 Å². The SMILES string of the molecule is Cc1ccccc1-c1cc2c3c([n+]1C)C(C)(C)CC3CCC2(C)C.Cc1ccccc1-c1cc2c3c([n+]1C)C(C)(C)CCC3CCC2(C)C.Cc1ccccc1-c1cc2c3c([n+]1C)CCC3(C)CC2.Cc1ccccc1-c1cc2c3c([n+]1C)CCC3(C)CCC2.Cc1ccccc1-c1cc2c3c([n+]1C)CCCC3(C)CCC2. The molecule has 5 heterocycles. The number of nitrogens with zero attached hydrogens (tertiary/aromatic N) is 5. The molecule has 112 heavy (non-hydrogen) atoms. The highest BCUT2D eigenvalue weighted by Crippen LogP contribution is 2.57. The number of aryl methyl sites for hydroxylation is 8. The largest absolute Gasteiger partial charge is 0.213 e. The molecule has 5 aromatic carbocycles. The van der Waals surface area contributed by atoms with Crippen LogP contribution in [0.2, 0.25) is 0 Å². The van der Waals surface area contributed by atoms with Crippen LogP contribution in [-0.4, -0.2) is 0 Å². The van der Waals surface area contributed by atoms with E-state index in [1.165, 1.54) is 225 Å². The van der Waals surface area contributed by atoms with Crippen molar-refractivity contribution in [1.29, 1.82) is 0 Å². The molecule has 0 amide bonds. The predicted molar refractivity (Wildman–Crippen MR) is 465 cm³/mol. The number of benzene rings is 5.